The Morgan fingerprint density at radius 1 is 0.969 bits per heavy atom. The van der Waals surface area contributed by atoms with E-state index in [4.69, 9.17) is 14.5 Å². The number of nitrogens with zero attached hydrogens (tertiary/aromatic N) is 3. The summed E-state index contributed by atoms with van der Waals surface area (Å²) in [6.07, 6.45) is 0. The van der Waals surface area contributed by atoms with Crippen LogP contribution in [-0.2, 0) is 17.9 Å². The average Bonchev–Trinajstić information content (AvgIpc) is 3.21. The maximum absolute atomic E-state index is 12.2. The number of anilines is 2. The highest BCUT2D eigenvalue weighted by molar-refractivity contribution is 5.92. The molecule has 1 aliphatic rings. The molecule has 0 radical (unpaired) electrons. The van der Waals surface area contributed by atoms with Gasteiger partial charge < -0.3 is 24.3 Å². The number of carbonyl (C=O) groups excluding carboxylic acids is 1. The molecule has 32 heavy (non-hydrogen) atoms. The number of ether oxygens (including phenoxy) is 2. The molecular formula is C25H24N4O3. The number of carbonyl (C=O) groups is 1. The molecule has 7 nitrogen and oxygen atoms in total. The van der Waals surface area contributed by atoms with E-state index in [1.54, 1.807) is 31.4 Å². The van der Waals surface area contributed by atoms with E-state index in [1.165, 1.54) is 5.52 Å². The number of para-hydroxylation sites is 2. The van der Waals surface area contributed by atoms with Gasteiger partial charge in [-0.2, -0.15) is 0 Å². The van der Waals surface area contributed by atoms with E-state index >= 15 is 0 Å². The molecule has 0 spiro atoms. The fourth-order valence-electron chi connectivity index (χ4n) is 3.96. The van der Waals surface area contributed by atoms with Crippen molar-refractivity contribution >= 4 is 28.3 Å². The second kappa shape index (κ2) is 8.63. The Hall–Kier alpha value is -4.00. The van der Waals surface area contributed by atoms with E-state index < -0.39 is 0 Å². The van der Waals surface area contributed by atoms with Gasteiger partial charge in [-0.3, -0.25) is 4.79 Å². The predicted molar refractivity (Wildman–Crippen MR) is 124 cm³/mol. The van der Waals surface area contributed by atoms with Crippen molar-refractivity contribution in [2.24, 2.45) is 0 Å². The van der Waals surface area contributed by atoms with Crippen molar-refractivity contribution in [2.75, 3.05) is 30.5 Å². The molecule has 0 aliphatic carbocycles. The third kappa shape index (κ3) is 4.09. The van der Waals surface area contributed by atoms with E-state index in [0.717, 1.165) is 48.1 Å². The van der Waals surface area contributed by atoms with Crippen LogP contribution in [0.2, 0.25) is 0 Å². The number of fused-ring (bicyclic) bond motifs is 3. The van der Waals surface area contributed by atoms with Crippen LogP contribution >= 0.6 is 0 Å². The van der Waals surface area contributed by atoms with E-state index in [2.05, 4.69) is 33.0 Å². The number of amides is 1. The quantitative estimate of drug-likeness (QED) is 0.501. The highest BCUT2D eigenvalue weighted by Gasteiger charge is 2.20. The standard InChI is InChI=1S/C25H24N4O3/c1-31-20-10-12-21(13-11-20)32-17-25(30)26-18-6-8-19(9-7-18)28-14-15-29-23-5-3-2-4-22(23)27-24(29)16-28/h2-13H,14-17H2,1H3,(H,26,30). The highest BCUT2D eigenvalue weighted by Crippen LogP contribution is 2.26. The molecule has 0 fully saturated rings. The van der Waals surface area contributed by atoms with Gasteiger partial charge in [-0.25, -0.2) is 4.98 Å². The first-order valence-electron chi connectivity index (χ1n) is 10.6. The van der Waals surface area contributed by atoms with Gasteiger partial charge in [0, 0.05) is 24.5 Å². The van der Waals surface area contributed by atoms with Crippen molar-refractivity contribution in [1.82, 2.24) is 9.55 Å². The minimum atomic E-state index is -0.208. The molecule has 2 heterocycles. The summed E-state index contributed by atoms with van der Waals surface area (Å²) in [5.74, 6) is 2.23. The van der Waals surface area contributed by atoms with Crippen LogP contribution in [-0.4, -0.2) is 35.7 Å². The van der Waals surface area contributed by atoms with Gasteiger partial charge >= 0.3 is 0 Å². The van der Waals surface area contributed by atoms with Gasteiger partial charge in [-0.15, -0.1) is 0 Å². The fourth-order valence-corrected chi connectivity index (χ4v) is 3.96. The first-order valence-corrected chi connectivity index (χ1v) is 10.6. The van der Waals surface area contributed by atoms with Crippen LogP contribution in [0, 0.1) is 0 Å². The highest BCUT2D eigenvalue weighted by atomic mass is 16.5. The molecule has 7 heteroatoms. The number of hydrogen-bond acceptors (Lipinski definition) is 5. The van der Waals surface area contributed by atoms with Gasteiger partial charge in [-0.1, -0.05) is 12.1 Å². The van der Waals surface area contributed by atoms with Crippen molar-refractivity contribution in [3.05, 3.63) is 78.6 Å². The summed E-state index contributed by atoms with van der Waals surface area (Å²) in [6.45, 7) is 2.51. The molecule has 1 amide bonds. The number of hydrogen-bond donors (Lipinski definition) is 1. The van der Waals surface area contributed by atoms with Crippen molar-refractivity contribution in [1.29, 1.82) is 0 Å². The lowest BCUT2D eigenvalue weighted by molar-refractivity contribution is -0.118. The van der Waals surface area contributed by atoms with E-state index in [1.807, 2.05) is 30.3 Å². The normalized spacial score (nSPS) is 13.0. The minimum absolute atomic E-state index is 0.0591. The van der Waals surface area contributed by atoms with Gasteiger partial charge in [0.05, 0.1) is 24.7 Å². The molecule has 162 valence electrons. The van der Waals surface area contributed by atoms with E-state index in [-0.39, 0.29) is 12.5 Å². The molecule has 0 atom stereocenters. The number of aromatic nitrogens is 2. The Balaban J connectivity index is 1.18. The van der Waals surface area contributed by atoms with Crippen molar-refractivity contribution in [3.63, 3.8) is 0 Å². The number of methoxy groups -OCH3 is 1. The lowest BCUT2D eigenvalue weighted by atomic mass is 10.2. The Labute approximate surface area is 186 Å². The summed E-state index contributed by atoms with van der Waals surface area (Å²) in [5.41, 5.74) is 4.08. The summed E-state index contributed by atoms with van der Waals surface area (Å²) < 4.78 is 12.9. The average molecular weight is 428 g/mol. The van der Waals surface area contributed by atoms with Crippen LogP contribution in [0.5, 0.6) is 11.5 Å². The monoisotopic (exact) mass is 428 g/mol. The van der Waals surface area contributed by atoms with Crippen LogP contribution in [0.15, 0.2) is 72.8 Å². The van der Waals surface area contributed by atoms with Crippen LogP contribution in [0.25, 0.3) is 11.0 Å². The number of imidazole rings is 1. The van der Waals surface area contributed by atoms with Gasteiger partial charge in [0.25, 0.3) is 5.91 Å². The lowest BCUT2D eigenvalue weighted by Crippen LogP contribution is -2.33. The zero-order chi connectivity index (χ0) is 21.9. The molecule has 0 unspecified atom stereocenters. The summed E-state index contributed by atoms with van der Waals surface area (Å²) in [4.78, 5) is 19.3. The van der Waals surface area contributed by atoms with Crippen molar-refractivity contribution in [3.8, 4) is 11.5 Å². The Morgan fingerprint density at radius 3 is 2.50 bits per heavy atom. The van der Waals surface area contributed by atoms with E-state index in [9.17, 15) is 4.79 Å². The Bertz CT molecular complexity index is 1230. The molecule has 5 rings (SSSR count). The van der Waals surface area contributed by atoms with Crippen molar-refractivity contribution < 1.29 is 14.3 Å². The number of benzene rings is 3. The summed E-state index contributed by atoms with van der Waals surface area (Å²) in [7, 11) is 1.61. The molecular weight excluding hydrogens is 404 g/mol. The lowest BCUT2D eigenvalue weighted by Gasteiger charge is -2.30. The van der Waals surface area contributed by atoms with Crippen LogP contribution in [0.4, 0.5) is 11.4 Å². The maximum atomic E-state index is 12.2. The Kier molecular flexibility index (Phi) is 5.37. The molecule has 4 aromatic rings. The third-order valence-electron chi connectivity index (χ3n) is 5.60. The summed E-state index contributed by atoms with van der Waals surface area (Å²) in [6, 6.07) is 23.3. The molecule has 0 saturated heterocycles. The second-order valence-corrected chi connectivity index (χ2v) is 7.65. The van der Waals surface area contributed by atoms with E-state index in [0.29, 0.717) is 5.75 Å². The topological polar surface area (TPSA) is 68.6 Å². The largest absolute Gasteiger partial charge is 0.497 e. The van der Waals surface area contributed by atoms with Crippen LogP contribution in [0.3, 0.4) is 0 Å². The van der Waals surface area contributed by atoms with Gasteiger partial charge in [0.1, 0.15) is 17.3 Å². The van der Waals surface area contributed by atoms with Crippen LogP contribution in [0.1, 0.15) is 5.82 Å². The molecule has 1 aliphatic heterocycles. The molecule has 1 aromatic heterocycles. The summed E-state index contributed by atoms with van der Waals surface area (Å²) >= 11 is 0. The molecule has 0 bridgehead atoms. The number of rotatable bonds is 6. The first kappa shape index (κ1) is 19.9. The zero-order valence-corrected chi connectivity index (χ0v) is 17.8. The number of nitrogens with one attached hydrogen (secondary N) is 1. The zero-order valence-electron chi connectivity index (χ0n) is 17.8. The maximum Gasteiger partial charge on any atom is 0.262 e. The molecule has 0 saturated carbocycles. The van der Waals surface area contributed by atoms with Gasteiger partial charge in [-0.05, 0) is 60.7 Å². The van der Waals surface area contributed by atoms with Gasteiger partial charge in [0.2, 0.25) is 0 Å². The molecule has 1 N–H and O–H groups in total. The first-order chi connectivity index (χ1) is 15.7. The van der Waals surface area contributed by atoms with Gasteiger partial charge in [0.15, 0.2) is 6.61 Å². The van der Waals surface area contributed by atoms with Crippen LogP contribution < -0.4 is 19.7 Å². The summed E-state index contributed by atoms with van der Waals surface area (Å²) in [5, 5.41) is 2.87. The van der Waals surface area contributed by atoms with Crippen molar-refractivity contribution in [2.45, 2.75) is 13.1 Å². The predicted octanol–water partition coefficient (Wildman–Crippen LogP) is 4.08. The second-order valence-electron chi connectivity index (χ2n) is 7.65. The SMILES string of the molecule is COc1ccc(OCC(=O)Nc2ccc(N3CCn4c(nc5ccccc54)C3)cc2)cc1. The smallest absolute Gasteiger partial charge is 0.262 e. The molecule has 3 aromatic carbocycles. The minimum Gasteiger partial charge on any atom is -0.497 e. The Morgan fingerprint density at radius 2 is 1.72 bits per heavy atom. The third-order valence-corrected chi connectivity index (χ3v) is 5.60. The fraction of sp³-hybridized carbons (Fsp3) is 0.200.